The summed E-state index contributed by atoms with van der Waals surface area (Å²) in [6, 6.07) is 16.5. The number of carbonyl (C=O) groups is 1. The van der Waals surface area contributed by atoms with E-state index in [1.54, 1.807) is 0 Å². The number of benzene rings is 2. The van der Waals surface area contributed by atoms with Crippen LogP contribution in [0.4, 0.5) is 0 Å². The molecule has 1 aromatic heterocycles. The summed E-state index contributed by atoms with van der Waals surface area (Å²) in [5.41, 5.74) is 4.85. The van der Waals surface area contributed by atoms with Crippen molar-refractivity contribution in [2.24, 2.45) is 0 Å². The normalized spacial score (nSPS) is 11.7. The quantitative estimate of drug-likeness (QED) is 0.594. The molecule has 0 aliphatic carbocycles. The summed E-state index contributed by atoms with van der Waals surface area (Å²) in [6.45, 7) is 6.91. The molecule has 0 radical (unpaired) electrons. The fourth-order valence-corrected chi connectivity index (χ4v) is 3.10. The van der Waals surface area contributed by atoms with E-state index < -0.39 is 0 Å². The van der Waals surface area contributed by atoms with Crippen LogP contribution in [0.3, 0.4) is 0 Å². The van der Waals surface area contributed by atoms with Crippen molar-refractivity contribution in [3.05, 3.63) is 71.4 Å². The van der Waals surface area contributed by atoms with Crippen LogP contribution in [0, 0.1) is 0 Å². The Morgan fingerprint density at radius 1 is 1.04 bits per heavy atom. The molecule has 1 N–H and O–H groups in total. The lowest BCUT2D eigenvalue weighted by Gasteiger charge is -2.19. The highest BCUT2D eigenvalue weighted by atomic mass is 16.5. The number of nitrogens with one attached hydrogen (secondary N) is 1. The van der Waals surface area contributed by atoms with Gasteiger partial charge in [0.15, 0.2) is 0 Å². The first kappa shape index (κ1) is 18.2. The van der Waals surface area contributed by atoms with Crippen molar-refractivity contribution in [2.75, 3.05) is 0 Å². The van der Waals surface area contributed by atoms with E-state index in [0.717, 1.165) is 23.9 Å². The molecule has 0 bridgehead atoms. The summed E-state index contributed by atoms with van der Waals surface area (Å²) in [7, 11) is 0. The van der Waals surface area contributed by atoms with Crippen molar-refractivity contribution in [3.63, 3.8) is 0 Å². The fourth-order valence-electron chi connectivity index (χ4n) is 3.10. The minimum Gasteiger partial charge on any atom is -0.461 e. The Morgan fingerprint density at radius 3 is 2.50 bits per heavy atom. The van der Waals surface area contributed by atoms with Crippen LogP contribution in [0.15, 0.2) is 54.7 Å². The third kappa shape index (κ3) is 4.54. The summed E-state index contributed by atoms with van der Waals surface area (Å²) in [5.74, 6) is -0.135. The SMILES string of the molecule is CC(C)(C)c1ccc(COC(=O)CCCc2c[nH]c3ccccc23)cc1. The Hall–Kier alpha value is -2.55. The zero-order chi connectivity index (χ0) is 18.6. The molecule has 3 aromatic rings. The van der Waals surface area contributed by atoms with Gasteiger partial charge in [-0.1, -0.05) is 63.2 Å². The number of fused-ring (bicyclic) bond motifs is 1. The summed E-state index contributed by atoms with van der Waals surface area (Å²) in [4.78, 5) is 15.3. The minimum absolute atomic E-state index is 0.135. The zero-order valence-electron chi connectivity index (χ0n) is 15.8. The van der Waals surface area contributed by atoms with Crippen LogP contribution in [-0.2, 0) is 28.0 Å². The Balaban J connectivity index is 1.44. The Bertz CT molecular complexity index is 869. The number of rotatable bonds is 6. The highest BCUT2D eigenvalue weighted by molar-refractivity contribution is 5.83. The lowest BCUT2D eigenvalue weighted by Crippen LogP contribution is -2.11. The predicted molar refractivity (Wildman–Crippen MR) is 106 cm³/mol. The monoisotopic (exact) mass is 349 g/mol. The largest absolute Gasteiger partial charge is 0.461 e. The van der Waals surface area contributed by atoms with E-state index in [9.17, 15) is 4.79 Å². The average Bonchev–Trinajstić information content (AvgIpc) is 3.03. The van der Waals surface area contributed by atoms with E-state index in [0.29, 0.717) is 13.0 Å². The number of carbonyl (C=O) groups excluding carboxylic acids is 1. The summed E-state index contributed by atoms with van der Waals surface area (Å²) >= 11 is 0. The number of aromatic amines is 1. The molecular formula is C23H27NO2. The number of para-hydroxylation sites is 1. The van der Waals surface area contributed by atoms with Crippen molar-refractivity contribution in [1.82, 2.24) is 4.98 Å². The maximum absolute atomic E-state index is 12.0. The molecule has 1 heterocycles. The van der Waals surface area contributed by atoms with Crippen LogP contribution in [0.1, 0.15) is 50.3 Å². The number of hydrogen-bond acceptors (Lipinski definition) is 2. The number of hydrogen-bond donors (Lipinski definition) is 1. The first-order chi connectivity index (χ1) is 12.4. The molecule has 2 aromatic carbocycles. The van der Waals surface area contributed by atoms with E-state index in [1.165, 1.54) is 16.5 Å². The molecule has 26 heavy (non-hydrogen) atoms. The number of H-pyrrole nitrogens is 1. The van der Waals surface area contributed by atoms with Gasteiger partial charge in [0.25, 0.3) is 0 Å². The Morgan fingerprint density at radius 2 is 1.77 bits per heavy atom. The predicted octanol–water partition coefficient (Wildman–Crippen LogP) is 5.53. The van der Waals surface area contributed by atoms with Gasteiger partial charge in [0.05, 0.1) is 0 Å². The number of aryl methyl sites for hydroxylation is 1. The van der Waals surface area contributed by atoms with E-state index in [1.807, 2.05) is 30.5 Å². The van der Waals surface area contributed by atoms with Gasteiger partial charge in [0.1, 0.15) is 6.61 Å². The molecular weight excluding hydrogens is 322 g/mol. The van der Waals surface area contributed by atoms with Crippen molar-refractivity contribution < 1.29 is 9.53 Å². The van der Waals surface area contributed by atoms with Gasteiger partial charge in [-0.3, -0.25) is 4.79 Å². The Kier molecular flexibility index (Phi) is 5.46. The summed E-state index contributed by atoms with van der Waals surface area (Å²) < 4.78 is 5.41. The van der Waals surface area contributed by atoms with Gasteiger partial charge in [-0.15, -0.1) is 0 Å². The molecule has 136 valence electrons. The van der Waals surface area contributed by atoms with E-state index >= 15 is 0 Å². The zero-order valence-corrected chi connectivity index (χ0v) is 15.8. The van der Waals surface area contributed by atoms with Crippen LogP contribution < -0.4 is 0 Å². The van der Waals surface area contributed by atoms with Crippen LogP contribution in [0.2, 0.25) is 0 Å². The fraction of sp³-hybridized carbons (Fsp3) is 0.348. The third-order valence-corrected chi connectivity index (χ3v) is 4.72. The van der Waals surface area contributed by atoms with Crippen LogP contribution in [0.25, 0.3) is 10.9 Å². The summed E-state index contributed by atoms with van der Waals surface area (Å²) in [6.07, 6.45) is 4.15. The van der Waals surface area contributed by atoms with Crippen molar-refractivity contribution in [1.29, 1.82) is 0 Å². The highest BCUT2D eigenvalue weighted by Gasteiger charge is 2.13. The average molecular weight is 349 g/mol. The molecule has 3 nitrogen and oxygen atoms in total. The minimum atomic E-state index is -0.135. The van der Waals surface area contributed by atoms with Gasteiger partial charge in [-0.25, -0.2) is 0 Å². The first-order valence-corrected chi connectivity index (χ1v) is 9.23. The molecule has 0 aliphatic rings. The van der Waals surface area contributed by atoms with Gasteiger partial charge in [-0.05, 0) is 41.0 Å². The van der Waals surface area contributed by atoms with Crippen molar-refractivity contribution in [3.8, 4) is 0 Å². The van der Waals surface area contributed by atoms with Gasteiger partial charge >= 0.3 is 5.97 Å². The third-order valence-electron chi connectivity index (χ3n) is 4.72. The van der Waals surface area contributed by atoms with E-state index in [-0.39, 0.29) is 11.4 Å². The number of esters is 1. The molecule has 0 amide bonds. The molecule has 0 fully saturated rings. The van der Waals surface area contributed by atoms with E-state index in [2.05, 4.69) is 50.0 Å². The molecule has 0 saturated carbocycles. The van der Waals surface area contributed by atoms with Crippen LogP contribution in [0.5, 0.6) is 0 Å². The standard InChI is InChI=1S/C23H27NO2/c1-23(2,3)19-13-11-17(12-14-19)16-26-22(25)10-6-7-18-15-24-21-9-5-4-8-20(18)21/h4-5,8-9,11-15,24H,6-7,10,16H2,1-3H3. The van der Waals surface area contributed by atoms with Crippen molar-refractivity contribution >= 4 is 16.9 Å². The van der Waals surface area contributed by atoms with Gasteiger partial charge in [0.2, 0.25) is 0 Å². The molecule has 0 atom stereocenters. The molecule has 3 heteroatoms. The first-order valence-electron chi connectivity index (χ1n) is 9.23. The number of aromatic nitrogens is 1. The van der Waals surface area contributed by atoms with Crippen LogP contribution >= 0.6 is 0 Å². The Labute approximate surface area is 155 Å². The molecule has 0 spiro atoms. The number of ether oxygens (including phenoxy) is 1. The molecule has 0 unspecified atom stereocenters. The second-order valence-corrected chi connectivity index (χ2v) is 7.82. The second kappa shape index (κ2) is 7.77. The highest BCUT2D eigenvalue weighted by Crippen LogP contribution is 2.22. The molecule has 0 saturated heterocycles. The van der Waals surface area contributed by atoms with Gasteiger partial charge < -0.3 is 9.72 Å². The van der Waals surface area contributed by atoms with E-state index in [4.69, 9.17) is 4.74 Å². The summed E-state index contributed by atoms with van der Waals surface area (Å²) in [5, 5.41) is 1.24. The van der Waals surface area contributed by atoms with Gasteiger partial charge in [0, 0.05) is 23.5 Å². The van der Waals surface area contributed by atoms with Gasteiger partial charge in [-0.2, -0.15) is 0 Å². The van der Waals surface area contributed by atoms with Crippen LogP contribution in [-0.4, -0.2) is 11.0 Å². The maximum Gasteiger partial charge on any atom is 0.306 e. The maximum atomic E-state index is 12.0. The second-order valence-electron chi connectivity index (χ2n) is 7.82. The van der Waals surface area contributed by atoms with Crippen molar-refractivity contribution in [2.45, 2.75) is 52.1 Å². The lowest BCUT2D eigenvalue weighted by molar-refractivity contribution is -0.145. The topological polar surface area (TPSA) is 42.1 Å². The molecule has 3 rings (SSSR count). The smallest absolute Gasteiger partial charge is 0.306 e. The molecule has 0 aliphatic heterocycles. The lowest BCUT2D eigenvalue weighted by atomic mass is 9.87.